The number of nitrogens with zero attached hydrogens (tertiary/aromatic N) is 1. The minimum absolute atomic E-state index is 0.151. The second kappa shape index (κ2) is 14.5. The number of amides is 2. The lowest BCUT2D eigenvalue weighted by molar-refractivity contribution is -0.140. The number of carbonyl (C=O) groups is 2. The summed E-state index contributed by atoms with van der Waals surface area (Å²) in [7, 11) is -3.53. The molecule has 1 aliphatic rings. The van der Waals surface area contributed by atoms with E-state index in [2.05, 4.69) is 16.1 Å². The fourth-order valence-corrected chi connectivity index (χ4v) is 5.67. The van der Waals surface area contributed by atoms with Crippen LogP contribution in [0, 0.1) is 0 Å². The lowest BCUT2D eigenvalue weighted by Gasteiger charge is -2.29. The van der Waals surface area contributed by atoms with Gasteiger partial charge in [-0.05, 0) is 80.8 Å². The van der Waals surface area contributed by atoms with Crippen LogP contribution in [0.4, 0.5) is 0 Å². The Kier molecular flexibility index (Phi) is 11.4. The fourth-order valence-electron chi connectivity index (χ4n) is 4.50. The molecule has 0 spiro atoms. The van der Waals surface area contributed by atoms with Gasteiger partial charge in [-0.2, -0.15) is 0 Å². The van der Waals surface area contributed by atoms with E-state index in [9.17, 15) is 18.0 Å². The standard InChI is InChI=1S/C29H38ClN3O4S/c1-3-32-38(36,37)27-16-11-24(12-17-27)13-18-28(34)33(21-25-9-14-26(30)15-10-25)22(2)29(35)31-20-19-23-7-5-4-6-8-23/h7,9-12,14-17,22,32H,3-6,8,13,18-21H2,1-2H3,(H,31,35)/t22-/m0/s1. The molecule has 1 atom stereocenters. The lowest BCUT2D eigenvalue weighted by Crippen LogP contribution is -2.47. The van der Waals surface area contributed by atoms with Crippen molar-refractivity contribution < 1.29 is 18.0 Å². The largest absolute Gasteiger partial charge is 0.354 e. The Morgan fingerprint density at radius 1 is 1.00 bits per heavy atom. The van der Waals surface area contributed by atoms with Crippen molar-refractivity contribution in [3.05, 3.63) is 76.3 Å². The van der Waals surface area contributed by atoms with Crippen LogP contribution >= 0.6 is 11.6 Å². The summed E-state index contributed by atoms with van der Waals surface area (Å²) < 4.78 is 26.8. The van der Waals surface area contributed by atoms with Crippen LogP contribution in [-0.2, 0) is 32.6 Å². The number of benzene rings is 2. The number of sulfonamides is 1. The van der Waals surface area contributed by atoms with Crippen molar-refractivity contribution in [2.24, 2.45) is 0 Å². The summed E-state index contributed by atoms with van der Waals surface area (Å²) >= 11 is 6.03. The zero-order valence-corrected chi connectivity index (χ0v) is 23.8. The fraction of sp³-hybridized carbons (Fsp3) is 0.448. The van der Waals surface area contributed by atoms with E-state index in [0.29, 0.717) is 24.5 Å². The van der Waals surface area contributed by atoms with E-state index < -0.39 is 16.1 Å². The van der Waals surface area contributed by atoms with E-state index in [1.807, 2.05) is 12.1 Å². The first-order valence-corrected chi connectivity index (χ1v) is 15.1. The Morgan fingerprint density at radius 3 is 2.32 bits per heavy atom. The molecule has 0 aromatic heterocycles. The summed E-state index contributed by atoms with van der Waals surface area (Å²) in [5.41, 5.74) is 3.12. The molecule has 0 radical (unpaired) electrons. The maximum absolute atomic E-state index is 13.4. The smallest absolute Gasteiger partial charge is 0.242 e. The normalized spacial score (nSPS) is 14.4. The van der Waals surface area contributed by atoms with Gasteiger partial charge in [0.25, 0.3) is 0 Å². The van der Waals surface area contributed by atoms with Crippen LogP contribution in [0.3, 0.4) is 0 Å². The third-order valence-electron chi connectivity index (χ3n) is 6.76. The summed E-state index contributed by atoms with van der Waals surface area (Å²) in [5.74, 6) is -0.330. The number of nitrogens with one attached hydrogen (secondary N) is 2. The highest BCUT2D eigenvalue weighted by Crippen LogP contribution is 2.20. The summed E-state index contributed by atoms with van der Waals surface area (Å²) in [4.78, 5) is 28.2. The second-order valence-corrected chi connectivity index (χ2v) is 11.8. The Morgan fingerprint density at radius 2 is 1.68 bits per heavy atom. The van der Waals surface area contributed by atoms with E-state index in [0.717, 1.165) is 30.4 Å². The second-order valence-electron chi connectivity index (χ2n) is 9.62. The first kappa shape index (κ1) is 29.9. The maximum atomic E-state index is 13.4. The van der Waals surface area contributed by atoms with E-state index in [-0.39, 0.29) is 29.7 Å². The Labute approximate surface area is 231 Å². The molecule has 0 saturated carbocycles. The number of allylic oxidation sites excluding steroid dienone is 1. The molecule has 2 aromatic rings. The number of rotatable bonds is 13. The number of carbonyl (C=O) groups excluding carboxylic acids is 2. The van der Waals surface area contributed by atoms with Crippen LogP contribution in [0.1, 0.15) is 63.5 Å². The van der Waals surface area contributed by atoms with E-state index in [4.69, 9.17) is 11.6 Å². The number of hydrogen-bond acceptors (Lipinski definition) is 4. The van der Waals surface area contributed by atoms with E-state index in [1.54, 1.807) is 55.1 Å². The zero-order chi connectivity index (χ0) is 27.5. The van der Waals surface area contributed by atoms with Crippen molar-refractivity contribution in [2.45, 2.75) is 76.3 Å². The van der Waals surface area contributed by atoms with Gasteiger partial charge in [-0.15, -0.1) is 0 Å². The van der Waals surface area contributed by atoms with Crippen LogP contribution in [0.2, 0.25) is 5.02 Å². The molecular weight excluding hydrogens is 522 g/mol. The Bertz CT molecular complexity index is 1210. The van der Waals surface area contributed by atoms with Gasteiger partial charge in [-0.1, -0.05) is 54.4 Å². The first-order valence-electron chi connectivity index (χ1n) is 13.3. The molecule has 0 bridgehead atoms. The van der Waals surface area contributed by atoms with Crippen LogP contribution in [-0.4, -0.2) is 44.3 Å². The summed E-state index contributed by atoms with van der Waals surface area (Å²) in [6.07, 6.45) is 8.37. The summed E-state index contributed by atoms with van der Waals surface area (Å²) in [5, 5.41) is 3.61. The number of hydrogen-bond donors (Lipinski definition) is 2. The monoisotopic (exact) mass is 559 g/mol. The van der Waals surface area contributed by atoms with E-state index in [1.165, 1.54) is 18.4 Å². The third-order valence-corrected chi connectivity index (χ3v) is 8.57. The van der Waals surface area contributed by atoms with Gasteiger partial charge in [0, 0.05) is 31.1 Å². The minimum Gasteiger partial charge on any atom is -0.354 e. The van der Waals surface area contributed by atoms with Crippen molar-refractivity contribution in [1.29, 1.82) is 0 Å². The van der Waals surface area contributed by atoms with Gasteiger partial charge in [0.15, 0.2) is 0 Å². The molecule has 0 fully saturated rings. The minimum atomic E-state index is -3.53. The van der Waals surface area contributed by atoms with Gasteiger partial charge >= 0.3 is 0 Å². The van der Waals surface area contributed by atoms with Gasteiger partial charge in [0.05, 0.1) is 4.90 Å². The molecule has 38 heavy (non-hydrogen) atoms. The molecule has 2 amide bonds. The molecule has 0 unspecified atom stereocenters. The summed E-state index contributed by atoms with van der Waals surface area (Å²) in [6, 6.07) is 13.1. The van der Waals surface area contributed by atoms with Gasteiger partial charge in [0.2, 0.25) is 21.8 Å². The van der Waals surface area contributed by atoms with Gasteiger partial charge in [-0.25, -0.2) is 13.1 Å². The Hall–Kier alpha value is -2.68. The molecule has 0 aliphatic heterocycles. The van der Waals surface area contributed by atoms with Gasteiger partial charge in [-0.3, -0.25) is 9.59 Å². The number of aryl methyl sites for hydroxylation is 1. The van der Waals surface area contributed by atoms with Gasteiger partial charge in [0.1, 0.15) is 6.04 Å². The molecule has 9 heteroatoms. The van der Waals surface area contributed by atoms with Crippen molar-refractivity contribution >= 4 is 33.4 Å². The predicted molar refractivity (Wildman–Crippen MR) is 151 cm³/mol. The molecule has 2 aromatic carbocycles. The molecule has 7 nitrogen and oxygen atoms in total. The van der Waals surface area contributed by atoms with Crippen LogP contribution in [0.15, 0.2) is 65.1 Å². The highest BCUT2D eigenvalue weighted by atomic mass is 35.5. The van der Waals surface area contributed by atoms with Crippen molar-refractivity contribution in [1.82, 2.24) is 14.9 Å². The molecule has 1 aliphatic carbocycles. The maximum Gasteiger partial charge on any atom is 0.242 e. The lowest BCUT2D eigenvalue weighted by atomic mass is 9.97. The average Bonchev–Trinajstić information content (AvgIpc) is 2.91. The van der Waals surface area contributed by atoms with E-state index >= 15 is 0 Å². The molecule has 3 rings (SSSR count). The average molecular weight is 560 g/mol. The molecular formula is C29H38ClN3O4S. The topological polar surface area (TPSA) is 95.6 Å². The van der Waals surface area contributed by atoms with Crippen LogP contribution < -0.4 is 10.0 Å². The molecule has 2 N–H and O–H groups in total. The van der Waals surface area contributed by atoms with Crippen molar-refractivity contribution in [2.75, 3.05) is 13.1 Å². The van der Waals surface area contributed by atoms with Crippen LogP contribution in [0.25, 0.3) is 0 Å². The SMILES string of the molecule is CCNS(=O)(=O)c1ccc(CCC(=O)N(Cc2ccc(Cl)cc2)[C@@H](C)C(=O)NCCC2=CCCCC2)cc1. The number of halogens is 1. The quantitative estimate of drug-likeness (QED) is 0.338. The Balaban J connectivity index is 1.64. The van der Waals surface area contributed by atoms with Gasteiger partial charge < -0.3 is 10.2 Å². The van der Waals surface area contributed by atoms with Crippen molar-refractivity contribution in [3.63, 3.8) is 0 Å². The highest BCUT2D eigenvalue weighted by Gasteiger charge is 2.26. The molecule has 206 valence electrons. The predicted octanol–water partition coefficient (Wildman–Crippen LogP) is 4.99. The first-order chi connectivity index (χ1) is 18.2. The molecule has 0 saturated heterocycles. The van der Waals surface area contributed by atoms with Crippen molar-refractivity contribution in [3.8, 4) is 0 Å². The van der Waals surface area contributed by atoms with Crippen LogP contribution in [0.5, 0.6) is 0 Å². The zero-order valence-electron chi connectivity index (χ0n) is 22.2. The third kappa shape index (κ3) is 8.96. The molecule has 0 heterocycles. The highest BCUT2D eigenvalue weighted by molar-refractivity contribution is 7.89. The summed E-state index contributed by atoms with van der Waals surface area (Å²) in [6.45, 7) is 4.63.